The number of thiocarbonyl (C=S) groups is 1. The van der Waals surface area contributed by atoms with E-state index >= 15 is 0 Å². The van der Waals surface area contributed by atoms with E-state index in [1.807, 2.05) is 0 Å². The largest absolute Gasteiger partial charge is 0.361 e. The average molecular weight is 334 g/mol. The van der Waals surface area contributed by atoms with Gasteiger partial charge in [0.2, 0.25) is 0 Å². The van der Waals surface area contributed by atoms with Crippen LogP contribution < -0.4 is 10.6 Å². The minimum Gasteiger partial charge on any atom is -0.361 e. The van der Waals surface area contributed by atoms with Gasteiger partial charge in [-0.25, -0.2) is 0 Å². The van der Waals surface area contributed by atoms with E-state index in [4.69, 9.17) is 12.2 Å². The van der Waals surface area contributed by atoms with Gasteiger partial charge in [0.1, 0.15) is 0 Å². The Hall–Kier alpha value is -1.13. The van der Waals surface area contributed by atoms with Crippen LogP contribution in [-0.2, 0) is 0 Å². The lowest BCUT2D eigenvalue weighted by molar-refractivity contribution is 0.116. The van der Waals surface area contributed by atoms with Crippen molar-refractivity contribution in [2.24, 2.45) is 0 Å². The summed E-state index contributed by atoms with van der Waals surface area (Å²) in [4.78, 5) is 2.59. The third-order valence-corrected chi connectivity index (χ3v) is 5.06. The first-order valence-electron chi connectivity index (χ1n) is 8.88. The lowest BCUT2D eigenvalue weighted by Gasteiger charge is -2.38. The standard InChI is InChI=1S/C19H31N3S/c1-14(2)17-8-10-18(11-9-17)21-19(23)20-13-16(4)22-12-6-5-7-15(22)3/h8-11,14-16H,5-7,12-13H2,1-4H3,(H2,20,21,23). The van der Waals surface area contributed by atoms with Crippen molar-refractivity contribution in [1.29, 1.82) is 0 Å². The van der Waals surface area contributed by atoms with Crippen LogP contribution in [0.4, 0.5) is 5.69 Å². The molecule has 1 saturated heterocycles. The Morgan fingerprint density at radius 1 is 1.22 bits per heavy atom. The van der Waals surface area contributed by atoms with Gasteiger partial charge in [0.25, 0.3) is 0 Å². The Kier molecular flexibility index (Phi) is 6.85. The summed E-state index contributed by atoms with van der Waals surface area (Å²) in [5, 5.41) is 7.35. The smallest absolute Gasteiger partial charge is 0.170 e. The number of benzene rings is 1. The maximum Gasteiger partial charge on any atom is 0.170 e. The molecular formula is C19H31N3S. The monoisotopic (exact) mass is 333 g/mol. The summed E-state index contributed by atoms with van der Waals surface area (Å²) in [6, 6.07) is 9.71. The van der Waals surface area contributed by atoms with Crippen LogP contribution in [0.2, 0.25) is 0 Å². The Morgan fingerprint density at radius 2 is 1.91 bits per heavy atom. The summed E-state index contributed by atoms with van der Waals surface area (Å²) in [5.41, 5.74) is 2.40. The maximum absolute atomic E-state index is 5.43. The number of anilines is 1. The number of nitrogens with zero attached hydrogens (tertiary/aromatic N) is 1. The van der Waals surface area contributed by atoms with Gasteiger partial charge in [0.15, 0.2) is 5.11 Å². The van der Waals surface area contributed by atoms with Crippen molar-refractivity contribution < 1.29 is 0 Å². The van der Waals surface area contributed by atoms with Gasteiger partial charge in [-0.05, 0) is 69.1 Å². The molecule has 1 aromatic carbocycles. The molecule has 3 nitrogen and oxygen atoms in total. The summed E-state index contributed by atoms with van der Waals surface area (Å²) < 4.78 is 0. The molecular weight excluding hydrogens is 302 g/mol. The molecule has 1 aliphatic rings. The number of nitrogens with one attached hydrogen (secondary N) is 2. The topological polar surface area (TPSA) is 27.3 Å². The van der Waals surface area contributed by atoms with Gasteiger partial charge in [0, 0.05) is 24.3 Å². The molecule has 1 heterocycles. The van der Waals surface area contributed by atoms with Crippen LogP contribution in [0.15, 0.2) is 24.3 Å². The van der Waals surface area contributed by atoms with Crippen molar-refractivity contribution in [1.82, 2.24) is 10.2 Å². The molecule has 1 aromatic rings. The van der Waals surface area contributed by atoms with Crippen LogP contribution in [0.5, 0.6) is 0 Å². The molecule has 2 atom stereocenters. The molecule has 0 aromatic heterocycles. The van der Waals surface area contributed by atoms with Crippen molar-refractivity contribution >= 4 is 23.0 Å². The second-order valence-corrected chi connectivity index (χ2v) is 7.45. The number of likely N-dealkylation sites (tertiary alicyclic amines) is 1. The van der Waals surface area contributed by atoms with E-state index in [1.54, 1.807) is 0 Å². The Morgan fingerprint density at radius 3 is 2.52 bits per heavy atom. The van der Waals surface area contributed by atoms with Gasteiger partial charge in [-0.1, -0.05) is 32.4 Å². The molecule has 128 valence electrons. The zero-order valence-electron chi connectivity index (χ0n) is 14.9. The van der Waals surface area contributed by atoms with E-state index in [-0.39, 0.29) is 0 Å². The van der Waals surface area contributed by atoms with Crippen LogP contribution in [-0.4, -0.2) is 35.2 Å². The van der Waals surface area contributed by atoms with Crippen LogP contribution in [0, 0.1) is 0 Å². The van der Waals surface area contributed by atoms with Crippen LogP contribution in [0.3, 0.4) is 0 Å². The molecule has 4 heteroatoms. The van der Waals surface area contributed by atoms with E-state index in [0.29, 0.717) is 23.1 Å². The Bertz CT molecular complexity index is 498. The van der Waals surface area contributed by atoms with Gasteiger partial charge in [-0.15, -0.1) is 0 Å². The second kappa shape index (κ2) is 8.65. The van der Waals surface area contributed by atoms with Gasteiger partial charge >= 0.3 is 0 Å². The SMILES string of the molecule is CC(C)c1ccc(NC(=S)NCC(C)N2CCCCC2C)cc1. The molecule has 2 rings (SSSR count). The summed E-state index contributed by atoms with van der Waals surface area (Å²) in [7, 11) is 0. The van der Waals surface area contributed by atoms with Crippen molar-refractivity contribution in [2.75, 3.05) is 18.4 Å². The van der Waals surface area contributed by atoms with Crippen molar-refractivity contribution in [3.63, 3.8) is 0 Å². The lowest BCUT2D eigenvalue weighted by Crippen LogP contribution is -2.48. The van der Waals surface area contributed by atoms with Crippen molar-refractivity contribution in [2.45, 2.75) is 65.0 Å². The fraction of sp³-hybridized carbons (Fsp3) is 0.632. The third-order valence-electron chi connectivity index (χ3n) is 4.81. The van der Waals surface area contributed by atoms with Gasteiger partial charge in [0.05, 0.1) is 0 Å². The molecule has 0 saturated carbocycles. The first-order valence-corrected chi connectivity index (χ1v) is 9.28. The zero-order valence-corrected chi connectivity index (χ0v) is 15.7. The highest BCUT2D eigenvalue weighted by atomic mass is 32.1. The number of rotatable bonds is 5. The first kappa shape index (κ1) is 18.2. The molecule has 2 N–H and O–H groups in total. The second-order valence-electron chi connectivity index (χ2n) is 7.04. The van der Waals surface area contributed by atoms with Crippen molar-refractivity contribution in [3.8, 4) is 0 Å². The first-order chi connectivity index (χ1) is 11.0. The summed E-state index contributed by atoms with van der Waals surface area (Å²) in [6.07, 6.45) is 4.00. The van der Waals surface area contributed by atoms with E-state index in [1.165, 1.54) is 31.4 Å². The minimum absolute atomic E-state index is 0.508. The van der Waals surface area contributed by atoms with Gasteiger partial charge in [-0.2, -0.15) is 0 Å². The van der Waals surface area contributed by atoms with Crippen molar-refractivity contribution in [3.05, 3.63) is 29.8 Å². The van der Waals surface area contributed by atoms with Crippen LogP contribution in [0.25, 0.3) is 0 Å². The molecule has 23 heavy (non-hydrogen) atoms. The lowest BCUT2D eigenvalue weighted by atomic mass is 10.0. The van der Waals surface area contributed by atoms with E-state index in [0.717, 1.165) is 12.2 Å². The van der Waals surface area contributed by atoms with Gasteiger partial charge in [-0.3, -0.25) is 4.90 Å². The fourth-order valence-corrected chi connectivity index (χ4v) is 3.46. The normalized spacial score (nSPS) is 20.3. The molecule has 0 radical (unpaired) electrons. The molecule has 1 fully saturated rings. The average Bonchev–Trinajstić information content (AvgIpc) is 2.53. The number of hydrogen-bond acceptors (Lipinski definition) is 2. The highest BCUT2D eigenvalue weighted by Gasteiger charge is 2.22. The molecule has 0 aliphatic carbocycles. The van der Waals surface area contributed by atoms with Crippen LogP contribution in [0.1, 0.15) is 58.4 Å². The molecule has 0 spiro atoms. The van der Waals surface area contributed by atoms with E-state index in [2.05, 4.69) is 67.5 Å². The maximum atomic E-state index is 5.43. The Balaban J connectivity index is 1.78. The minimum atomic E-state index is 0.508. The van der Waals surface area contributed by atoms with Gasteiger partial charge < -0.3 is 10.6 Å². The highest BCUT2D eigenvalue weighted by Crippen LogP contribution is 2.19. The summed E-state index contributed by atoms with van der Waals surface area (Å²) in [5.74, 6) is 0.557. The van der Waals surface area contributed by atoms with E-state index < -0.39 is 0 Å². The third kappa shape index (κ3) is 5.47. The predicted molar refractivity (Wildman–Crippen MR) is 104 cm³/mol. The molecule has 0 bridgehead atoms. The summed E-state index contributed by atoms with van der Waals surface area (Å²) >= 11 is 5.43. The van der Waals surface area contributed by atoms with Crippen LogP contribution >= 0.6 is 12.2 Å². The summed E-state index contributed by atoms with van der Waals surface area (Å²) in [6.45, 7) is 11.1. The highest BCUT2D eigenvalue weighted by molar-refractivity contribution is 7.80. The predicted octanol–water partition coefficient (Wildman–Crippen LogP) is 4.36. The number of hydrogen-bond donors (Lipinski definition) is 2. The quantitative estimate of drug-likeness (QED) is 0.783. The molecule has 2 unspecified atom stereocenters. The zero-order chi connectivity index (χ0) is 16.8. The fourth-order valence-electron chi connectivity index (χ4n) is 3.26. The number of piperidine rings is 1. The molecule has 1 aliphatic heterocycles. The Labute approximate surface area is 146 Å². The van der Waals surface area contributed by atoms with E-state index in [9.17, 15) is 0 Å². The molecule has 0 amide bonds.